The Morgan fingerprint density at radius 1 is 1.07 bits per heavy atom. The lowest BCUT2D eigenvalue weighted by Gasteiger charge is -2.39. The Hall–Kier alpha value is -3.61. The van der Waals surface area contributed by atoms with E-state index in [0.29, 0.717) is 29.7 Å². The van der Waals surface area contributed by atoms with Gasteiger partial charge in [-0.1, -0.05) is 6.07 Å². The second kappa shape index (κ2) is 5.98. The van der Waals surface area contributed by atoms with Crippen molar-refractivity contribution in [1.82, 2.24) is 19.9 Å². The van der Waals surface area contributed by atoms with Crippen LogP contribution in [-0.4, -0.2) is 45.0 Å². The van der Waals surface area contributed by atoms with Crippen LogP contribution in [0, 0.1) is 0 Å². The predicted molar refractivity (Wildman–Crippen MR) is 101 cm³/mol. The van der Waals surface area contributed by atoms with E-state index in [1.807, 2.05) is 30.3 Å². The van der Waals surface area contributed by atoms with Crippen LogP contribution < -0.4 is 10.4 Å². The Labute approximate surface area is 153 Å². The van der Waals surface area contributed by atoms with Crippen LogP contribution in [0.3, 0.4) is 0 Å². The van der Waals surface area contributed by atoms with Gasteiger partial charge in [0.15, 0.2) is 0 Å². The molecule has 1 aliphatic heterocycles. The Kier molecular flexibility index (Phi) is 3.46. The molecule has 2 aromatic carbocycles. The standard InChI is InChI=1S/C20H16N4O3/c25-19(13-4-6-16-18(8-13)23-20(26)22-16)24-10-15(11-24)27-14-5-3-12-2-1-7-21-17(12)9-14/h1-9,15H,10-11H2,(H2,22,23,26). The van der Waals surface area contributed by atoms with Crippen molar-refractivity contribution in [2.75, 3.05) is 13.1 Å². The fourth-order valence-electron chi connectivity index (χ4n) is 3.34. The smallest absolute Gasteiger partial charge is 0.323 e. The molecule has 134 valence electrons. The average Bonchev–Trinajstić information content (AvgIpc) is 3.03. The second-order valence-electron chi connectivity index (χ2n) is 6.65. The lowest BCUT2D eigenvalue weighted by atomic mass is 10.1. The maximum Gasteiger partial charge on any atom is 0.323 e. The van der Waals surface area contributed by atoms with E-state index >= 15 is 0 Å². The summed E-state index contributed by atoms with van der Waals surface area (Å²) < 4.78 is 5.96. The molecule has 7 nitrogen and oxygen atoms in total. The molecule has 0 bridgehead atoms. The van der Waals surface area contributed by atoms with E-state index < -0.39 is 0 Å². The Morgan fingerprint density at radius 2 is 1.93 bits per heavy atom. The minimum absolute atomic E-state index is 0.0362. The van der Waals surface area contributed by atoms with Crippen LogP contribution in [-0.2, 0) is 0 Å². The monoisotopic (exact) mass is 360 g/mol. The molecule has 1 aliphatic rings. The van der Waals surface area contributed by atoms with Gasteiger partial charge in [-0.3, -0.25) is 9.78 Å². The Morgan fingerprint density at radius 3 is 2.81 bits per heavy atom. The molecular formula is C20H16N4O3. The number of aromatic amines is 2. The summed E-state index contributed by atoms with van der Waals surface area (Å²) in [7, 11) is 0. The molecule has 0 radical (unpaired) electrons. The number of nitrogens with zero attached hydrogens (tertiary/aromatic N) is 2. The molecule has 1 fully saturated rings. The third kappa shape index (κ3) is 2.83. The number of imidazole rings is 1. The van der Waals surface area contributed by atoms with Crippen molar-refractivity contribution in [2.45, 2.75) is 6.10 Å². The minimum atomic E-state index is -0.281. The molecule has 0 saturated carbocycles. The fraction of sp³-hybridized carbons (Fsp3) is 0.150. The van der Waals surface area contributed by atoms with Crippen LogP contribution in [0.4, 0.5) is 0 Å². The molecule has 0 aliphatic carbocycles. The quantitative estimate of drug-likeness (QED) is 0.586. The molecule has 4 aromatic rings. The molecule has 7 heteroatoms. The number of hydrogen-bond donors (Lipinski definition) is 2. The van der Waals surface area contributed by atoms with Crippen molar-refractivity contribution in [3.8, 4) is 5.75 Å². The first-order chi connectivity index (χ1) is 13.2. The summed E-state index contributed by atoms with van der Waals surface area (Å²) in [6, 6.07) is 14.9. The van der Waals surface area contributed by atoms with Gasteiger partial charge in [0.2, 0.25) is 0 Å². The molecule has 0 atom stereocenters. The van der Waals surface area contributed by atoms with E-state index in [1.165, 1.54) is 0 Å². The van der Waals surface area contributed by atoms with Gasteiger partial charge in [-0.15, -0.1) is 0 Å². The fourth-order valence-corrected chi connectivity index (χ4v) is 3.34. The number of fused-ring (bicyclic) bond motifs is 2. The van der Waals surface area contributed by atoms with E-state index in [2.05, 4.69) is 15.0 Å². The largest absolute Gasteiger partial charge is 0.487 e. The summed E-state index contributed by atoms with van der Waals surface area (Å²) in [5, 5.41) is 1.06. The van der Waals surface area contributed by atoms with Crippen LogP contribution in [0.1, 0.15) is 10.4 Å². The molecule has 2 aromatic heterocycles. The highest BCUT2D eigenvalue weighted by molar-refractivity contribution is 5.97. The Bertz CT molecular complexity index is 1220. The van der Waals surface area contributed by atoms with Crippen molar-refractivity contribution in [2.24, 2.45) is 0 Å². The topological polar surface area (TPSA) is 91.1 Å². The van der Waals surface area contributed by atoms with Crippen molar-refractivity contribution < 1.29 is 9.53 Å². The summed E-state index contributed by atoms with van der Waals surface area (Å²) in [6.45, 7) is 1.06. The molecule has 27 heavy (non-hydrogen) atoms. The third-order valence-electron chi connectivity index (χ3n) is 4.78. The number of H-pyrrole nitrogens is 2. The maximum absolute atomic E-state index is 12.6. The highest BCUT2D eigenvalue weighted by Gasteiger charge is 2.33. The number of aromatic nitrogens is 3. The first kappa shape index (κ1) is 15.6. The summed E-state index contributed by atoms with van der Waals surface area (Å²) >= 11 is 0. The minimum Gasteiger partial charge on any atom is -0.487 e. The number of pyridine rings is 1. The molecular weight excluding hydrogens is 344 g/mol. The lowest BCUT2D eigenvalue weighted by molar-refractivity contribution is 0.0178. The van der Waals surface area contributed by atoms with Crippen LogP contribution in [0.15, 0.2) is 59.5 Å². The van der Waals surface area contributed by atoms with Crippen molar-refractivity contribution in [3.63, 3.8) is 0 Å². The summed E-state index contributed by atoms with van der Waals surface area (Å²) in [5.41, 5.74) is 2.47. The van der Waals surface area contributed by atoms with Gasteiger partial charge in [-0.25, -0.2) is 4.79 Å². The second-order valence-corrected chi connectivity index (χ2v) is 6.65. The number of ether oxygens (including phenoxy) is 1. The van der Waals surface area contributed by atoms with Crippen molar-refractivity contribution in [1.29, 1.82) is 0 Å². The highest BCUT2D eigenvalue weighted by Crippen LogP contribution is 2.23. The first-order valence-electron chi connectivity index (χ1n) is 8.68. The number of rotatable bonds is 3. The molecule has 2 N–H and O–H groups in total. The number of nitrogens with one attached hydrogen (secondary N) is 2. The van der Waals surface area contributed by atoms with Crippen LogP contribution in [0.5, 0.6) is 5.75 Å². The van der Waals surface area contributed by atoms with Gasteiger partial charge >= 0.3 is 5.69 Å². The van der Waals surface area contributed by atoms with Gasteiger partial charge in [0.1, 0.15) is 11.9 Å². The number of carbonyl (C=O) groups excluding carboxylic acids is 1. The van der Waals surface area contributed by atoms with Crippen molar-refractivity contribution >= 4 is 27.8 Å². The van der Waals surface area contributed by atoms with Gasteiger partial charge in [-0.05, 0) is 36.4 Å². The number of benzene rings is 2. The van der Waals surface area contributed by atoms with Crippen LogP contribution in [0.25, 0.3) is 21.9 Å². The highest BCUT2D eigenvalue weighted by atomic mass is 16.5. The van der Waals surface area contributed by atoms with E-state index in [-0.39, 0.29) is 17.7 Å². The summed E-state index contributed by atoms with van der Waals surface area (Å²) in [4.78, 5) is 35.4. The number of amides is 1. The van der Waals surface area contributed by atoms with Crippen LogP contribution >= 0.6 is 0 Å². The first-order valence-corrected chi connectivity index (χ1v) is 8.68. The maximum atomic E-state index is 12.6. The zero-order valence-electron chi connectivity index (χ0n) is 14.3. The van der Waals surface area contributed by atoms with Gasteiger partial charge in [0.25, 0.3) is 5.91 Å². The molecule has 5 rings (SSSR count). The average molecular weight is 360 g/mol. The molecule has 0 spiro atoms. The SMILES string of the molecule is O=C(c1ccc2[nH]c(=O)[nH]c2c1)N1CC(Oc2ccc3cccnc3c2)C1. The van der Waals surface area contributed by atoms with E-state index in [4.69, 9.17) is 4.74 Å². The van der Waals surface area contributed by atoms with Crippen LogP contribution in [0.2, 0.25) is 0 Å². The normalized spacial score (nSPS) is 14.4. The number of likely N-dealkylation sites (tertiary alicyclic amines) is 1. The van der Waals surface area contributed by atoms with Crippen molar-refractivity contribution in [3.05, 3.63) is 70.8 Å². The van der Waals surface area contributed by atoms with E-state index in [0.717, 1.165) is 16.7 Å². The van der Waals surface area contributed by atoms with E-state index in [9.17, 15) is 9.59 Å². The zero-order valence-corrected chi connectivity index (χ0v) is 14.3. The van der Waals surface area contributed by atoms with Gasteiger partial charge in [0.05, 0.1) is 29.6 Å². The van der Waals surface area contributed by atoms with Gasteiger partial charge < -0.3 is 19.6 Å². The third-order valence-corrected chi connectivity index (χ3v) is 4.78. The van der Waals surface area contributed by atoms with Gasteiger partial charge in [0, 0.05) is 23.2 Å². The molecule has 3 heterocycles. The number of carbonyl (C=O) groups is 1. The van der Waals surface area contributed by atoms with Gasteiger partial charge in [-0.2, -0.15) is 0 Å². The molecule has 1 saturated heterocycles. The number of hydrogen-bond acceptors (Lipinski definition) is 4. The molecule has 0 unspecified atom stereocenters. The molecule has 1 amide bonds. The predicted octanol–water partition coefficient (Wildman–Crippen LogP) is 2.31. The zero-order chi connectivity index (χ0) is 18.4. The summed E-state index contributed by atoms with van der Waals surface area (Å²) in [6.07, 6.45) is 1.72. The van der Waals surface area contributed by atoms with E-state index in [1.54, 1.807) is 29.3 Å². The Balaban J connectivity index is 1.26. The lowest BCUT2D eigenvalue weighted by Crippen LogP contribution is -2.56. The summed E-state index contributed by atoms with van der Waals surface area (Å²) in [5.74, 6) is 0.684.